The van der Waals surface area contributed by atoms with Crippen molar-refractivity contribution in [2.75, 3.05) is 100 Å². The van der Waals surface area contributed by atoms with Gasteiger partial charge in [-0.3, -0.25) is 43.4 Å². The first-order chi connectivity index (χ1) is 59.7. The van der Waals surface area contributed by atoms with Crippen molar-refractivity contribution >= 4 is 62.0 Å². The fourth-order valence-corrected chi connectivity index (χ4v) is 16.0. The largest absolute Gasteiger partial charge is 0.495 e. The zero-order chi connectivity index (χ0) is 85.2. The minimum Gasteiger partial charge on any atom is -0.495 e. The van der Waals surface area contributed by atoms with E-state index in [0.29, 0.717) is 154 Å². The molecular formula is C93H101ClFN13O14. The number of para-hydroxylation sites is 1. The number of benzene rings is 5. The van der Waals surface area contributed by atoms with Gasteiger partial charge in [0.1, 0.15) is 74.4 Å². The normalized spacial score (nSPS) is 17.6. The topological polar surface area (TPSA) is 281 Å². The Morgan fingerprint density at radius 1 is 0.533 bits per heavy atom. The first-order valence-electron chi connectivity index (χ1n) is 41.3. The number of amides is 3. The number of pyridine rings is 3. The number of fused-ring (bicyclic) bond motifs is 3. The van der Waals surface area contributed by atoms with E-state index in [4.69, 9.17) is 84.7 Å². The number of aromatic nitrogens is 9. The number of hydrogen-bond acceptors (Lipinski definition) is 21. The van der Waals surface area contributed by atoms with E-state index in [1.54, 1.807) is 74.2 Å². The van der Waals surface area contributed by atoms with Crippen LogP contribution < -0.4 is 53.1 Å². The summed E-state index contributed by atoms with van der Waals surface area (Å²) in [7, 11) is 4.60. The van der Waals surface area contributed by atoms with Crippen LogP contribution in [0.4, 0.5) is 4.39 Å². The Kier molecular flexibility index (Phi) is 28.4. The summed E-state index contributed by atoms with van der Waals surface area (Å²) in [6.07, 6.45) is 28.9. The van der Waals surface area contributed by atoms with Gasteiger partial charge in [-0.05, 0) is 173 Å². The van der Waals surface area contributed by atoms with Gasteiger partial charge in [-0.2, -0.15) is 19.7 Å². The number of methoxy groups -OCH3 is 3. The molecule has 4 aliphatic heterocycles. The molecule has 11 aromatic rings. The molecule has 5 atom stereocenters. The number of nitrogens with zero attached hydrogens (tertiary/aromatic N) is 12. The molecule has 5 aliphatic rings. The summed E-state index contributed by atoms with van der Waals surface area (Å²) < 4.78 is 84.5. The van der Waals surface area contributed by atoms with Gasteiger partial charge in [-0.1, -0.05) is 69.5 Å². The van der Waals surface area contributed by atoms with Crippen molar-refractivity contribution in [1.29, 1.82) is 0 Å². The van der Waals surface area contributed by atoms with E-state index in [2.05, 4.69) is 48.5 Å². The van der Waals surface area contributed by atoms with Crippen LogP contribution in [-0.2, 0) is 19.1 Å². The van der Waals surface area contributed by atoms with Crippen molar-refractivity contribution in [2.24, 2.45) is 5.73 Å². The Morgan fingerprint density at radius 3 is 1.51 bits per heavy atom. The number of likely N-dealkylation sites (tertiary alicyclic amines) is 3. The minimum absolute atomic E-state index is 0.00230. The van der Waals surface area contributed by atoms with Crippen LogP contribution in [0.15, 0.2) is 202 Å². The van der Waals surface area contributed by atoms with Crippen molar-refractivity contribution in [3.63, 3.8) is 0 Å². The molecular weight excluding hydrogens is 1580 g/mol. The van der Waals surface area contributed by atoms with E-state index in [1.165, 1.54) is 25.3 Å². The van der Waals surface area contributed by atoms with Crippen LogP contribution >= 0.6 is 11.6 Å². The minimum atomic E-state index is -0.547. The molecule has 3 amide bonds. The highest BCUT2D eigenvalue weighted by Gasteiger charge is 2.34. The Bertz CT molecular complexity index is 5610. The van der Waals surface area contributed by atoms with Crippen molar-refractivity contribution in [3.8, 4) is 91.5 Å². The van der Waals surface area contributed by atoms with Gasteiger partial charge >= 0.3 is 0 Å². The summed E-state index contributed by atoms with van der Waals surface area (Å²) in [5, 5.41) is 18.4. The molecule has 0 radical (unpaired) electrons. The fourth-order valence-electron chi connectivity index (χ4n) is 15.8. The van der Waals surface area contributed by atoms with Crippen molar-refractivity contribution in [3.05, 3.63) is 219 Å². The summed E-state index contributed by atoms with van der Waals surface area (Å²) in [6, 6.07) is 31.2. The van der Waals surface area contributed by atoms with Crippen LogP contribution in [-0.4, -0.2) is 183 Å². The maximum absolute atomic E-state index is 14.6. The van der Waals surface area contributed by atoms with Gasteiger partial charge in [-0.15, -0.1) is 0 Å². The Hall–Kier alpha value is -12.8. The van der Waals surface area contributed by atoms with E-state index in [0.717, 1.165) is 119 Å². The monoisotopic (exact) mass is 1680 g/mol. The summed E-state index contributed by atoms with van der Waals surface area (Å²) >= 11 is 6.42. The number of halogens is 2. The molecule has 27 nitrogen and oxygen atoms in total. The molecule has 0 spiro atoms. The van der Waals surface area contributed by atoms with E-state index in [9.17, 15) is 18.8 Å². The Morgan fingerprint density at radius 2 is 1.00 bits per heavy atom. The highest BCUT2D eigenvalue weighted by atomic mass is 35.5. The molecule has 29 heteroatoms. The fraction of sp³-hybridized carbons (Fsp3) is 0.344. The lowest BCUT2D eigenvalue weighted by molar-refractivity contribution is -0.128. The summed E-state index contributed by atoms with van der Waals surface area (Å²) in [6.45, 7) is 21.9. The van der Waals surface area contributed by atoms with Gasteiger partial charge in [0.2, 0.25) is 29.3 Å². The molecule has 1 aliphatic carbocycles. The van der Waals surface area contributed by atoms with Crippen LogP contribution in [0, 0.1) is 5.82 Å². The van der Waals surface area contributed by atoms with Crippen LogP contribution in [0.5, 0.6) is 69.0 Å². The lowest BCUT2D eigenvalue weighted by Gasteiger charge is -2.32. The number of carbonyl (C=O) groups is 3. The number of allylic oxidation sites excluding steroid dienone is 3. The highest BCUT2D eigenvalue weighted by molar-refractivity contribution is 6.33. The molecule has 6 aromatic heterocycles. The van der Waals surface area contributed by atoms with Crippen molar-refractivity contribution < 1.29 is 70.9 Å². The SMILES string of the molecule is C=CC(=O)N1CCCC(n2nc(-c3ccc(Oc4cccc(OC)c4Cl)cc3)c3cncc(OC4CCOC4)c32)C1.C=CC(=O)N1CCCC(n2nc(-c3ccc(Oc4cccc(OC)c4OCCC)cc3)c3cncc(OCCC)c32)C1.C=CC(=O)N1CCCC(n2nc(C3C=CC(Oc4cccc(OC)c4F)=CC3)c3cncc(OCCN)c32)C1. The quantitative estimate of drug-likeness (QED) is 0.0426. The molecule has 0 bridgehead atoms. The summed E-state index contributed by atoms with van der Waals surface area (Å²) in [5.74, 6) is 6.03. The van der Waals surface area contributed by atoms with Gasteiger partial charge in [0.15, 0.2) is 40.2 Å². The lowest BCUT2D eigenvalue weighted by Crippen LogP contribution is -2.40. The van der Waals surface area contributed by atoms with Crippen LogP contribution in [0.25, 0.3) is 55.2 Å². The third-order valence-electron chi connectivity index (χ3n) is 21.7. The average Bonchev–Trinajstić information content (AvgIpc) is 1.63. The number of hydrogen-bond donors (Lipinski definition) is 1. The Labute approximate surface area is 712 Å². The van der Waals surface area contributed by atoms with Gasteiger partial charge < -0.3 is 72.5 Å². The number of piperidine rings is 3. The summed E-state index contributed by atoms with van der Waals surface area (Å²) in [5.41, 5.74) is 12.5. The summed E-state index contributed by atoms with van der Waals surface area (Å²) in [4.78, 5) is 56.1. The number of nitrogens with two attached hydrogens (primary N) is 1. The number of ether oxygens (including phenoxy) is 11. The Balaban J connectivity index is 0.000000149. The molecule has 16 rings (SSSR count). The first kappa shape index (κ1) is 85.6. The van der Waals surface area contributed by atoms with E-state index in [1.807, 2.05) is 127 Å². The highest BCUT2D eigenvalue weighted by Crippen LogP contribution is 2.45. The van der Waals surface area contributed by atoms with Crippen molar-refractivity contribution in [1.82, 2.24) is 59.0 Å². The number of rotatable bonds is 29. The molecule has 636 valence electrons. The van der Waals surface area contributed by atoms with Gasteiger partial charge in [-0.25, -0.2) is 0 Å². The first-order valence-corrected chi connectivity index (χ1v) is 41.6. The predicted molar refractivity (Wildman–Crippen MR) is 464 cm³/mol. The molecule has 4 fully saturated rings. The maximum Gasteiger partial charge on any atom is 0.246 e. The van der Waals surface area contributed by atoms with Gasteiger partial charge in [0.05, 0.1) is 101 Å². The average molecular weight is 1680 g/mol. The van der Waals surface area contributed by atoms with E-state index >= 15 is 0 Å². The molecule has 4 saturated heterocycles. The second-order valence-corrected chi connectivity index (χ2v) is 30.2. The van der Waals surface area contributed by atoms with Crippen molar-refractivity contribution in [2.45, 2.75) is 108 Å². The zero-order valence-electron chi connectivity index (χ0n) is 69.2. The van der Waals surface area contributed by atoms with Gasteiger partial charge in [0.25, 0.3) is 0 Å². The molecule has 0 saturated carbocycles. The zero-order valence-corrected chi connectivity index (χ0v) is 70.0. The number of carbonyl (C=O) groups excluding carboxylic acids is 3. The van der Waals surface area contributed by atoms with Crippen LogP contribution in [0.2, 0.25) is 5.02 Å². The molecule has 122 heavy (non-hydrogen) atoms. The van der Waals surface area contributed by atoms with E-state index in [-0.39, 0.29) is 59.4 Å². The molecule has 5 unspecified atom stereocenters. The standard InChI is InChI=1S/C33H38N4O5.C31H31ClN4O5.C29H32FN5O4/c1-5-18-40-29-21-34-20-26-31(35-37(32(26)29)24-10-9-17-36(22-24)30(38)7-3)23-13-15-25(16-14-23)42-28-12-8-11-27(39-4)33(28)41-19-6-2;1-3-28(37)35-14-5-6-21(18-35)36-31-24(16-33-17-27(31)41-23-13-15-39-19-23)30(34-36)20-9-11-22(12-10-20)40-26-8-4-7-25(38-2)29(26)32;1-3-26(36)34-14-5-6-20(18-34)35-29-22(16-32-17-25(29)38-15-13-31)28(33-35)19-9-11-21(12-10-19)39-24-8-4-7-23(37-2)27(24)30/h7-8,11-16,20-21,24H,3,5-6,9-10,17-19,22H2,1-2,4H3;3-4,7-12,16-17,21,23H,1,5-6,13-15,18-19H2,2H3;3-4,7-9,11-12,16-17,19-20H,1,5-6,10,13-15,18,31H2,2H3. The smallest absolute Gasteiger partial charge is 0.246 e. The third-order valence-corrected chi connectivity index (χ3v) is 22.1. The maximum atomic E-state index is 14.6. The van der Waals surface area contributed by atoms with Crippen LogP contribution in [0.1, 0.15) is 108 Å². The molecule has 10 heterocycles. The second-order valence-electron chi connectivity index (χ2n) is 29.8. The predicted octanol–water partition coefficient (Wildman–Crippen LogP) is 17.2. The second kappa shape index (κ2) is 40.5. The lowest BCUT2D eigenvalue weighted by atomic mass is 9.95. The van der Waals surface area contributed by atoms with E-state index < -0.39 is 5.82 Å². The van der Waals surface area contributed by atoms with Gasteiger partial charge in [0, 0.05) is 93.3 Å². The van der Waals surface area contributed by atoms with Crippen LogP contribution in [0.3, 0.4) is 0 Å². The molecule has 5 aromatic carbocycles. The third kappa shape index (κ3) is 19.3. The molecule has 2 N–H and O–H groups in total.